The molecule has 0 bridgehead atoms. The predicted molar refractivity (Wildman–Crippen MR) is 87.1 cm³/mol. The Morgan fingerprint density at radius 2 is 2.29 bits per heavy atom. The topological polar surface area (TPSA) is 85.8 Å². The van der Waals surface area contributed by atoms with E-state index in [1.165, 1.54) is 0 Å². The van der Waals surface area contributed by atoms with Crippen molar-refractivity contribution in [2.75, 3.05) is 5.32 Å². The third-order valence-corrected chi connectivity index (χ3v) is 4.11. The van der Waals surface area contributed by atoms with E-state index in [4.69, 9.17) is 4.52 Å². The average molecular weight is 323 g/mol. The lowest BCUT2D eigenvalue weighted by atomic mass is 10.2. The van der Waals surface area contributed by atoms with Crippen molar-refractivity contribution in [3.8, 4) is 11.4 Å². The molecule has 1 N–H and O–H groups in total. The summed E-state index contributed by atoms with van der Waals surface area (Å²) in [6.07, 6.45) is 7.22. The largest absolute Gasteiger partial charge is 0.337 e. The van der Waals surface area contributed by atoms with E-state index >= 15 is 0 Å². The first kappa shape index (κ1) is 14.6. The fourth-order valence-electron chi connectivity index (χ4n) is 2.47. The first-order chi connectivity index (χ1) is 11.7. The van der Waals surface area contributed by atoms with Crippen LogP contribution in [-0.4, -0.2) is 25.6 Å². The van der Waals surface area contributed by atoms with Crippen LogP contribution in [0.5, 0.6) is 0 Å². The predicted octanol–water partition coefficient (Wildman–Crippen LogP) is 2.89. The number of imidazole rings is 1. The van der Waals surface area contributed by atoms with E-state index in [0.717, 1.165) is 24.1 Å². The Labute approximate surface area is 138 Å². The summed E-state index contributed by atoms with van der Waals surface area (Å²) in [5, 5.41) is 6.98. The standard InChI is InChI=1S/C17H17N5O2/c1-11(22-8-7-18-10-22)17-20-15(21-24-17)13-3-2-4-14(9-13)19-16(23)12-5-6-12/h2-4,7-12H,5-6H2,1H3,(H,19,23)/t11-/m0/s1. The van der Waals surface area contributed by atoms with E-state index in [1.54, 1.807) is 12.5 Å². The molecule has 3 aromatic rings. The van der Waals surface area contributed by atoms with Crippen LogP contribution in [0.3, 0.4) is 0 Å². The maximum absolute atomic E-state index is 11.9. The number of aromatic nitrogens is 4. The summed E-state index contributed by atoms with van der Waals surface area (Å²) in [6, 6.07) is 7.39. The second kappa shape index (κ2) is 5.92. The molecule has 1 aromatic carbocycles. The molecule has 1 saturated carbocycles. The number of amides is 1. The third-order valence-electron chi connectivity index (χ3n) is 4.11. The molecular weight excluding hydrogens is 306 g/mol. The molecule has 1 atom stereocenters. The van der Waals surface area contributed by atoms with Gasteiger partial charge in [-0.05, 0) is 31.9 Å². The maximum atomic E-state index is 11.9. The number of nitrogens with zero attached hydrogens (tertiary/aromatic N) is 4. The number of nitrogens with one attached hydrogen (secondary N) is 1. The molecule has 2 heterocycles. The van der Waals surface area contributed by atoms with Gasteiger partial charge in [0.2, 0.25) is 17.6 Å². The van der Waals surface area contributed by atoms with E-state index in [-0.39, 0.29) is 17.9 Å². The molecule has 122 valence electrons. The Balaban J connectivity index is 1.54. The number of rotatable bonds is 5. The number of hydrogen-bond donors (Lipinski definition) is 1. The number of anilines is 1. The van der Waals surface area contributed by atoms with Gasteiger partial charge >= 0.3 is 0 Å². The highest BCUT2D eigenvalue weighted by Gasteiger charge is 2.29. The van der Waals surface area contributed by atoms with Crippen molar-refractivity contribution >= 4 is 11.6 Å². The van der Waals surface area contributed by atoms with Gasteiger partial charge in [0.15, 0.2) is 0 Å². The molecule has 24 heavy (non-hydrogen) atoms. The Bertz CT molecular complexity index is 852. The van der Waals surface area contributed by atoms with E-state index in [9.17, 15) is 4.79 Å². The molecule has 2 aromatic heterocycles. The summed E-state index contributed by atoms with van der Waals surface area (Å²) in [5.74, 6) is 1.26. The summed E-state index contributed by atoms with van der Waals surface area (Å²) in [4.78, 5) is 20.4. The first-order valence-electron chi connectivity index (χ1n) is 7.93. The zero-order valence-corrected chi connectivity index (χ0v) is 13.2. The average Bonchev–Trinajstić information content (AvgIpc) is 3.11. The molecule has 1 aliphatic carbocycles. The normalized spacial score (nSPS) is 15.2. The van der Waals surface area contributed by atoms with Crippen LogP contribution in [0, 0.1) is 5.92 Å². The van der Waals surface area contributed by atoms with E-state index < -0.39 is 0 Å². The Hall–Kier alpha value is -2.96. The van der Waals surface area contributed by atoms with Crippen molar-refractivity contribution in [1.29, 1.82) is 0 Å². The molecule has 0 radical (unpaired) electrons. The van der Waals surface area contributed by atoms with Gasteiger partial charge in [-0.1, -0.05) is 17.3 Å². The molecular formula is C17H17N5O2. The number of carbonyl (C=O) groups is 1. The lowest BCUT2D eigenvalue weighted by Gasteiger charge is -2.06. The highest BCUT2D eigenvalue weighted by atomic mass is 16.5. The number of benzene rings is 1. The molecule has 4 rings (SSSR count). The monoisotopic (exact) mass is 323 g/mol. The lowest BCUT2D eigenvalue weighted by molar-refractivity contribution is -0.117. The molecule has 7 nitrogen and oxygen atoms in total. The van der Waals surface area contributed by atoms with Crippen LogP contribution in [0.2, 0.25) is 0 Å². The number of carbonyl (C=O) groups excluding carboxylic acids is 1. The van der Waals surface area contributed by atoms with Gasteiger partial charge in [-0.15, -0.1) is 0 Å². The molecule has 0 unspecified atom stereocenters. The molecule has 1 aliphatic rings. The molecule has 0 saturated heterocycles. The Morgan fingerprint density at radius 1 is 1.42 bits per heavy atom. The van der Waals surface area contributed by atoms with Gasteiger partial charge in [0, 0.05) is 29.6 Å². The summed E-state index contributed by atoms with van der Waals surface area (Å²) < 4.78 is 7.27. The summed E-state index contributed by atoms with van der Waals surface area (Å²) in [5.41, 5.74) is 1.55. The van der Waals surface area contributed by atoms with Crippen LogP contribution in [0.15, 0.2) is 47.5 Å². The Morgan fingerprint density at radius 3 is 3.04 bits per heavy atom. The van der Waals surface area contributed by atoms with Crippen molar-refractivity contribution < 1.29 is 9.32 Å². The molecule has 0 aliphatic heterocycles. The van der Waals surface area contributed by atoms with E-state index in [2.05, 4.69) is 20.4 Å². The van der Waals surface area contributed by atoms with Crippen molar-refractivity contribution in [2.45, 2.75) is 25.8 Å². The zero-order chi connectivity index (χ0) is 16.5. The third kappa shape index (κ3) is 2.92. The minimum Gasteiger partial charge on any atom is -0.337 e. The fourth-order valence-corrected chi connectivity index (χ4v) is 2.47. The van der Waals surface area contributed by atoms with E-state index in [0.29, 0.717) is 11.7 Å². The van der Waals surface area contributed by atoms with Crippen molar-refractivity contribution in [3.63, 3.8) is 0 Å². The zero-order valence-electron chi connectivity index (χ0n) is 13.2. The van der Waals surface area contributed by atoms with Gasteiger partial charge in [-0.2, -0.15) is 4.98 Å². The number of hydrogen-bond acceptors (Lipinski definition) is 5. The van der Waals surface area contributed by atoms with Crippen LogP contribution >= 0.6 is 0 Å². The molecule has 1 amide bonds. The molecule has 1 fully saturated rings. The van der Waals surface area contributed by atoms with Crippen LogP contribution in [0.4, 0.5) is 5.69 Å². The first-order valence-corrected chi connectivity index (χ1v) is 7.93. The molecule has 7 heteroatoms. The Kier molecular flexibility index (Phi) is 3.60. The summed E-state index contributed by atoms with van der Waals surface area (Å²) in [7, 11) is 0. The smallest absolute Gasteiger partial charge is 0.249 e. The van der Waals surface area contributed by atoms with E-state index in [1.807, 2.05) is 42.0 Å². The second-order valence-electron chi connectivity index (χ2n) is 5.99. The van der Waals surface area contributed by atoms with Crippen LogP contribution < -0.4 is 5.32 Å². The lowest BCUT2D eigenvalue weighted by Crippen LogP contribution is -2.13. The minimum absolute atomic E-state index is 0.0784. The van der Waals surface area contributed by atoms with Gasteiger partial charge in [-0.3, -0.25) is 4.79 Å². The van der Waals surface area contributed by atoms with Gasteiger partial charge in [-0.25, -0.2) is 4.98 Å². The van der Waals surface area contributed by atoms with Gasteiger partial charge in [0.1, 0.15) is 6.04 Å². The van der Waals surface area contributed by atoms with Crippen LogP contribution in [-0.2, 0) is 4.79 Å². The van der Waals surface area contributed by atoms with Gasteiger partial charge in [0.05, 0.1) is 6.33 Å². The minimum atomic E-state index is -0.0912. The van der Waals surface area contributed by atoms with Crippen molar-refractivity contribution in [1.82, 2.24) is 19.7 Å². The summed E-state index contributed by atoms with van der Waals surface area (Å²) in [6.45, 7) is 1.96. The van der Waals surface area contributed by atoms with Gasteiger partial charge < -0.3 is 14.4 Å². The second-order valence-corrected chi connectivity index (χ2v) is 5.99. The van der Waals surface area contributed by atoms with Crippen molar-refractivity contribution in [3.05, 3.63) is 48.9 Å². The maximum Gasteiger partial charge on any atom is 0.249 e. The molecule has 0 spiro atoms. The van der Waals surface area contributed by atoms with Gasteiger partial charge in [0.25, 0.3) is 0 Å². The highest BCUT2D eigenvalue weighted by molar-refractivity contribution is 5.94. The van der Waals surface area contributed by atoms with Crippen LogP contribution in [0.1, 0.15) is 31.7 Å². The quantitative estimate of drug-likeness (QED) is 0.780. The summed E-state index contributed by atoms with van der Waals surface area (Å²) >= 11 is 0. The van der Waals surface area contributed by atoms with Crippen LogP contribution in [0.25, 0.3) is 11.4 Å². The SMILES string of the molecule is C[C@@H](c1nc(-c2cccc(NC(=O)C3CC3)c2)no1)n1ccnc1. The fraction of sp³-hybridized carbons (Fsp3) is 0.294. The highest BCUT2D eigenvalue weighted by Crippen LogP contribution is 2.30. The van der Waals surface area contributed by atoms with Crippen molar-refractivity contribution in [2.24, 2.45) is 5.92 Å².